The van der Waals surface area contributed by atoms with Gasteiger partial charge >= 0.3 is 0 Å². The van der Waals surface area contributed by atoms with Gasteiger partial charge in [0, 0.05) is 42.1 Å². The molecule has 5 heteroatoms. The molecular formula is C51H31N3OS. The van der Waals surface area contributed by atoms with Gasteiger partial charge in [-0.2, -0.15) is 0 Å². The van der Waals surface area contributed by atoms with Gasteiger partial charge in [-0.15, -0.1) is 11.3 Å². The van der Waals surface area contributed by atoms with Crippen LogP contribution in [0.25, 0.3) is 110 Å². The molecule has 0 saturated heterocycles. The molecule has 3 aromatic heterocycles. The molecule has 0 atom stereocenters. The summed E-state index contributed by atoms with van der Waals surface area (Å²) in [6, 6.07) is 65.8. The van der Waals surface area contributed by atoms with Gasteiger partial charge in [-0.05, 0) is 63.7 Å². The minimum Gasteiger partial charge on any atom is -0.455 e. The van der Waals surface area contributed by atoms with Crippen LogP contribution in [0, 0.1) is 0 Å². The average Bonchev–Trinajstić information content (AvgIpc) is 3.85. The molecule has 0 amide bonds. The van der Waals surface area contributed by atoms with Crippen LogP contribution in [0.15, 0.2) is 192 Å². The van der Waals surface area contributed by atoms with Crippen molar-refractivity contribution in [1.29, 1.82) is 0 Å². The van der Waals surface area contributed by atoms with E-state index in [4.69, 9.17) is 19.4 Å². The Bertz CT molecular complexity index is 3240. The minimum absolute atomic E-state index is 0.570. The molecule has 0 fully saturated rings. The molecule has 4 nitrogen and oxygen atoms in total. The van der Waals surface area contributed by atoms with Crippen LogP contribution in [0.4, 0.5) is 0 Å². The zero-order valence-corrected chi connectivity index (χ0v) is 30.9. The van der Waals surface area contributed by atoms with Gasteiger partial charge in [-0.1, -0.05) is 158 Å². The Morgan fingerprint density at radius 3 is 1.70 bits per heavy atom. The van der Waals surface area contributed by atoms with Gasteiger partial charge in [-0.25, -0.2) is 15.0 Å². The Kier molecular flexibility index (Phi) is 7.64. The fourth-order valence-electron chi connectivity index (χ4n) is 7.78. The zero-order chi connectivity index (χ0) is 37.0. The maximum absolute atomic E-state index is 6.43. The van der Waals surface area contributed by atoms with Crippen molar-refractivity contribution in [3.8, 4) is 67.5 Å². The number of furan rings is 1. The predicted molar refractivity (Wildman–Crippen MR) is 233 cm³/mol. The summed E-state index contributed by atoms with van der Waals surface area (Å²) in [5.41, 5.74) is 11.4. The van der Waals surface area contributed by atoms with Crippen molar-refractivity contribution in [3.63, 3.8) is 0 Å². The molecule has 0 bridgehead atoms. The first-order chi connectivity index (χ1) is 27.7. The summed E-state index contributed by atoms with van der Waals surface area (Å²) >= 11 is 1.84. The summed E-state index contributed by atoms with van der Waals surface area (Å²) in [5.74, 6) is 1.79. The second-order valence-electron chi connectivity index (χ2n) is 14.0. The quantitative estimate of drug-likeness (QED) is 0.171. The highest BCUT2D eigenvalue weighted by Gasteiger charge is 2.19. The summed E-state index contributed by atoms with van der Waals surface area (Å²) in [4.78, 5) is 15.2. The second-order valence-corrected chi connectivity index (χ2v) is 15.0. The number of hydrogen-bond donors (Lipinski definition) is 0. The number of benzene rings is 8. The molecule has 262 valence electrons. The third-order valence-electron chi connectivity index (χ3n) is 10.6. The Morgan fingerprint density at radius 1 is 0.339 bits per heavy atom. The lowest BCUT2D eigenvalue weighted by atomic mass is 9.98. The van der Waals surface area contributed by atoms with Gasteiger partial charge in [-0.3, -0.25) is 0 Å². The third-order valence-corrected chi connectivity index (χ3v) is 11.8. The summed E-state index contributed by atoms with van der Waals surface area (Å²) in [7, 11) is 0. The van der Waals surface area contributed by atoms with E-state index in [-0.39, 0.29) is 0 Å². The SMILES string of the molecule is c1ccc(-c2ccc(-c3ccc4sc5c(-c6cccc(-c7nc(-c8ccccc8)nc(-c8cccc9c8oc8ccccc89)n7)c6)cccc5c4c3)cc2)cc1. The van der Waals surface area contributed by atoms with Crippen molar-refractivity contribution < 1.29 is 4.42 Å². The van der Waals surface area contributed by atoms with Crippen LogP contribution in [-0.4, -0.2) is 15.0 Å². The van der Waals surface area contributed by atoms with Crippen molar-refractivity contribution >= 4 is 53.4 Å². The van der Waals surface area contributed by atoms with Crippen LogP contribution in [-0.2, 0) is 0 Å². The molecule has 0 radical (unpaired) electrons. The monoisotopic (exact) mass is 733 g/mol. The van der Waals surface area contributed by atoms with E-state index in [0.29, 0.717) is 17.5 Å². The van der Waals surface area contributed by atoms with Crippen LogP contribution in [0.5, 0.6) is 0 Å². The van der Waals surface area contributed by atoms with E-state index >= 15 is 0 Å². The molecule has 8 aromatic carbocycles. The standard InChI is InChI=1S/C51H31N3OS/c1-3-12-32(13-4-1)33-24-26-34(27-25-33)36-28-29-46-44(31-36)42-21-10-19-39(48(42)56-46)37-16-9-17-38(30-37)50-52-49(35-14-5-2-6-15-35)53-51(54-50)43-22-11-20-41-40-18-7-8-23-45(40)55-47(41)43/h1-31H. The lowest BCUT2D eigenvalue weighted by Gasteiger charge is -2.10. The van der Waals surface area contributed by atoms with E-state index in [1.165, 1.54) is 48.0 Å². The highest BCUT2D eigenvalue weighted by Crippen LogP contribution is 2.42. The molecule has 56 heavy (non-hydrogen) atoms. The van der Waals surface area contributed by atoms with Crippen LogP contribution in [0.2, 0.25) is 0 Å². The van der Waals surface area contributed by atoms with Gasteiger partial charge in [0.2, 0.25) is 0 Å². The lowest BCUT2D eigenvalue weighted by molar-refractivity contribution is 0.669. The Balaban J connectivity index is 1.01. The fourth-order valence-corrected chi connectivity index (χ4v) is 9.00. The smallest absolute Gasteiger partial charge is 0.167 e. The number of para-hydroxylation sites is 2. The number of rotatable bonds is 6. The maximum atomic E-state index is 6.43. The molecule has 0 aliphatic carbocycles. The molecule has 3 heterocycles. The minimum atomic E-state index is 0.570. The van der Waals surface area contributed by atoms with Crippen LogP contribution < -0.4 is 0 Å². The first-order valence-corrected chi connectivity index (χ1v) is 19.5. The molecule has 0 aliphatic heterocycles. The largest absolute Gasteiger partial charge is 0.455 e. The summed E-state index contributed by atoms with van der Waals surface area (Å²) in [6.07, 6.45) is 0. The molecular weight excluding hydrogens is 703 g/mol. The number of nitrogens with zero attached hydrogens (tertiary/aromatic N) is 3. The van der Waals surface area contributed by atoms with Crippen molar-refractivity contribution in [2.75, 3.05) is 0 Å². The number of fused-ring (bicyclic) bond motifs is 6. The van der Waals surface area contributed by atoms with Gasteiger partial charge in [0.15, 0.2) is 17.5 Å². The van der Waals surface area contributed by atoms with E-state index in [2.05, 4.69) is 127 Å². The molecule has 0 spiro atoms. The van der Waals surface area contributed by atoms with Crippen molar-refractivity contribution in [3.05, 3.63) is 188 Å². The van der Waals surface area contributed by atoms with Crippen molar-refractivity contribution in [1.82, 2.24) is 15.0 Å². The van der Waals surface area contributed by atoms with Gasteiger partial charge < -0.3 is 4.42 Å². The van der Waals surface area contributed by atoms with Gasteiger partial charge in [0.1, 0.15) is 11.2 Å². The summed E-state index contributed by atoms with van der Waals surface area (Å²) in [6.45, 7) is 0. The van der Waals surface area contributed by atoms with Gasteiger partial charge in [0.25, 0.3) is 0 Å². The highest BCUT2D eigenvalue weighted by atomic mass is 32.1. The average molecular weight is 734 g/mol. The first-order valence-electron chi connectivity index (χ1n) is 18.7. The van der Waals surface area contributed by atoms with Crippen LogP contribution in [0.3, 0.4) is 0 Å². The Labute approximate surface area is 327 Å². The summed E-state index contributed by atoms with van der Waals surface area (Å²) < 4.78 is 8.95. The van der Waals surface area contributed by atoms with Crippen LogP contribution in [0.1, 0.15) is 0 Å². The Morgan fingerprint density at radius 2 is 0.893 bits per heavy atom. The second kappa shape index (κ2) is 13.3. The first kappa shape index (κ1) is 32.2. The topological polar surface area (TPSA) is 51.8 Å². The zero-order valence-electron chi connectivity index (χ0n) is 30.1. The molecule has 0 unspecified atom stereocenters. The maximum Gasteiger partial charge on any atom is 0.167 e. The van der Waals surface area contributed by atoms with Crippen molar-refractivity contribution in [2.45, 2.75) is 0 Å². The van der Waals surface area contributed by atoms with E-state index in [0.717, 1.165) is 44.2 Å². The van der Waals surface area contributed by atoms with Crippen LogP contribution >= 0.6 is 11.3 Å². The van der Waals surface area contributed by atoms with E-state index < -0.39 is 0 Å². The molecule has 0 aliphatic rings. The van der Waals surface area contributed by atoms with E-state index in [1.54, 1.807) is 0 Å². The molecule has 0 N–H and O–H groups in total. The van der Waals surface area contributed by atoms with E-state index in [9.17, 15) is 0 Å². The number of thiophene rings is 1. The normalized spacial score (nSPS) is 11.6. The van der Waals surface area contributed by atoms with E-state index in [1.807, 2.05) is 72.0 Å². The molecule has 0 saturated carbocycles. The number of aromatic nitrogens is 3. The Hall–Kier alpha value is -7.21. The van der Waals surface area contributed by atoms with Gasteiger partial charge in [0.05, 0.1) is 5.56 Å². The fraction of sp³-hybridized carbons (Fsp3) is 0. The lowest BCUT2D eigenvalue weighted by Crippen LogP contribution is -2.00. The summed E-state index contributed by atoms with van der Waals surface area (Å²) in [5, 5.41) is 4.62. The van der Waals surface area contributed by atoms with Crippen molar-refractivity contribution in [2.24, 2.45) is 0 Å². The predicted octanol–water partition coefficient (Wildman–Crippen LogP) is 14.1. The molecule has 11 rings (SSSR count). The molecule has 11 aromatic rings. The highest BCUT2D eigenvalue weighted by molar-refractivity contribution is 7.26. The number of hydrogen-bond acceptors (Lipinski definition) is 5. The third kappa shape index (κ3) is 5.56.